The monoisotopic (exact) mass is 968 g/mol. The average Bonchev–Trinajstić information content (AvgIpc) is 3.94. The number of thiophene rings is 2. The van der Waals surface area contributed by atoms with E-state index in [9.17, 15) is 0 Å². The Kier molecular flexibility index (Phi) is 9.92. The number of rotatable bonds is 4. The summed E-state index contributed by atoms with van der Waals surface area (Å²) in [6.45, 7) is 22.9. The molecule has 4 aliphatic rings. The predicted molar refractivity (Wildman–Crippen MR) is 300 cm³/mol. The number of benzene rings is 7. The van der Waals surface area contributed by atoms with Gasteiger partial charge in [-0.25, -0.2) is 0 Å². The second-order valence-corrected chi connectivity index (χ2v) is 24.8. The molecule has 4 aliphatic heterocycles. The van der Waals surface area contributed by atoms with Gasteiger partial charge in [-0.1, -0.05) is 135 Å². The van der Waals surface area contributed by atoms with Gasteiger partial charge >= 0.3 is 0 Å². The summed E-state index contributed by atoms with van der Waals surface area (Å²) < 4.78 is 31.0. The fraction of sp³-hybridized carbons (Fsp3) is 0.258. The van der Waals surface area contributed by atoms with Gasteiger partial charge in [0, 0.05) is 64.4 Å². The maximum atomic E-state index is 6.52. The van der Waals surface area contributed by atoms with Crippen LogP contribution in [0.15, 0.2) is 133 Å². The highest BCUT2D eigenvalue weighted by Gasteiger charge is 2.49. The molecule has 6 nitrogen and oxygen atoms in total. The van der Waals surface area contributed by atoms with Crippen LogP contribution in [0, 0.1) is 0 Å². The minimum atomic E-state index is -0.227. The van der Waals surface area contributed by atoms with Crippen molar-refractivity contribution in [2.24, 2.45) is 0 Å². The van der Waals surface area contributed by atoms with Crippen LogP contribution in [0.3, 0.4) is 0 Å². The molecular weight excluding hydrogens is 912 g/mol. The van der Waals surface area contributed by atoms with Crippen molar-refractivity contribution in [3.05, 3.63) is 150 Å². The van der Waals surface area contributed by atoms with Crippen LogP contribution >= 0.6 is 22.7 Å². The highest BCUT2D eigenvalue weighted by molar-refractivity contribution is 7.40. The summed E-state index contributed by atoms with van der Waals surface area (Å²) in [5.74, 6) is 3.06. The SMILES string of the molecule is CC(C)(C)c1cc2c3c(c1)N(c1cc4c(cc1-c1ccccc1)OCCO4)c1c(sc4ccc(C(C)(C)C)cc14)B3c1sc3ccc(C(C)(C)C)cc3c1N2c1cc2c(cc1-c1ccccc1)OCCO2. The molecule has 0 radical (unpaired) electrons. The molecular formula is C62H57BN2O4S2. The van der Waals surface area contributed by atoms with Crippen molar-refractivity contribution in [2.75, 3.05) is 36.2 Å². The van der Waals surface area contributed by atoms with Crippen molar-refractivity contribution in [3.8, 4) is 45.3 Å². The Morgan fingerprint density at radius 2 is 0.789 bits per heavy atom. The van der Waals surface area contributed by atoms with Gasteiger partial charge in [-0.3, -0.25) is 0 Å². The minimum Gasteiger partial charge on any atom is -0.486 e. The van der Waals surface area contributed by atoms with Crippen LogP contribution in [0.4, 0.5) is 34.1 Å². The quantitative estimate of drug-likeness (QED) is 0.164. The first-order valence-corrected chi connectivity index (χ1v) is 26.6. The third-order valence-electron chi connectivity index (χ3n) is 14.8. The molecule has 9 heteroatoms. The predicted octanol–water partition coefficient (Wildman–Crippen LogP) is 15.0. The van der Waals surface area contributed by atoms with E-state index >= 15 is 0 Å². The Bertz CT molecular complexity index is 3400. The molecule has 0 saturated carbocycles. The van der Waals surface area contributed by atoms with Crippen molar-refractivity contribution in [1.29, 1.82) is 0 Å². The molecule has 0 saturated heterocycles. The molecule has 354 valence electrons. The van der Waals surface area contributed by atoms with E-state index < -0.39 is 0 Å². The van der Waals surface area contributed by atoms with Gasteiger partial charge in [0.05, 0.1) is 22.7 Å². The molecule has 6 heterocycles. The van der Waals surface area contributed by atoms with Crippen LogP contribution in [0.2, 0.25) is 0 Å². The first-order valence-electron chi connectivity index (χ1n) is 25.0. The third kappa shape index (κ3) is 7.09. The van der Waals surface area contributed by atoms with Crippen LogP contribution in [0.5, 0.6) is 23.0 Å². The third-order valence-corrected chi connectivity index (χ3v) is 17.3. The molecule has 13 rings (SSSR count). The fourth-order valence-corrected chi connectivity index (χ4v) is 13.7. The summed E-state index contributed by atoms with van der Waals surface area (Å²) in [7, 11) is 0. The Morgan fingerprint density at radius 1 is 0.408 bits per heavy atom. The van der Waals surface area contributed by atoms with Gasteiger partial charge in [-0.15, -0.1) is 22.7 Å². The first-order chi connectivity index (χ1) is 34.1. The normalized spacial score (nSPS) is 15.0. The molecule has 0 fully saturated rings. The summed E-state index contributed by atoms with van der Waals surface area (Å²) in [4.78, 5) is 5.23. The van der Waals surface area contributed by atoms with E-state index in [0.29, 0.717) is 26.4 Å². The van der Waals surface area contributed by atoms with Crippen molar-refractivity contribution in [3.63, 3.8) is 0 Å². The van der Waals surface area contributed by atoms with Gasteiger partial charge in [0.1, 0.15) is 26.4 Å². The first kappa shape index (κ1) is 44.3. The smallest absolute Gasteiger partial charge is 0.277 e. The van der Waals surface area contributed by atoms with E-state index in [1.54, 1.807) is 0 Å². The lowest BCUT2D eigenvalue weighted by atomic mass is 9.39. The summed E-state index contributed by atoms with van der Waals surface area (Å²) in [6, 6.07) is 50.0. The van der Waals surface area contributed by atoms with Crippen LogP contribution in [-0.4, -0.2) is 33.1 Å². The summed E-state index contributed by atoms with van der Waals surface area (Å²) in [5.41, 5.74) is 16.1. The van der Waals surface area contributed by atoms with Gasteiger partial charge < -0.3 is 28.7 Å². The Balaban J connectivity index is 1.21. The Labute approximate surface area is 425 Å². The van der Waals surface area contributed by atoms with Crippen LogP contribution in [-0.2, 0) is 16.2 Å². The van der Waals surface area contributed by atoms with E-state index in [4.69, 9.17) is 18.9 Å². The molecule has 9 aromatic rings. The number of ether oxygens (including phenoxy) is 4. The summed E-state index contributed by atoms with van der Waals surface area (Å²) >= 11 is 3.89. The van der Waals surface area contributed by atoms with Crippen molar-refractivity contribution < 1.29 is 18.9 Å². The van der Waals surface area contributed by atoms with Gasteiger partial charge in [-0.2, -0.15) is 0 Å². The highest BCUT2D eigenvalue weighted by Crippen LogP contribution is 2.56. The summed E-state index contributed by atoms with van der Waals surface area (Å²) in [5, 5.41) is 2.52. The van der Waals surface area contributed by atoms with Crippen molar-refractivity contribution in [2.45, 2.75) is 78.6 Å². The highest BCUT2D eigenvalue weighted by atomic mass is 32.1. The minimum absolute atomic E-state index is 0.0615. The molecule has 2 aromatic heterocycles. The van der Waals surface area contributed by atoms with Gasteiger partial charge in [-0.05, 0) is 98.1 Å². The molecule has 0 atom stereocenters. The molecule has 0 bridgehead atoms. The number of fused-ring (bicyclic) bond motifs is 10. The lowest BCUT2D eigenvalue weighted by Crippen LogP contribution is -2.59. The number of hydrogen-bond donors (Lipinski definition) is 0. The largest absolute Gasteiger partial charge is 0.486 e. The van der Waals surface area contributed by atoms with Gasteiger partial charge in [0.15, 0.2) is 23.0 Å². The standard InChI is InChI=1S/C62H57BN2O4S2/c1-60(2,3)38-20-22-53-43(28-38)56-58(70-53)63-55-47(64(56)45-34-51-49(66-24-26-68-51)32-41(45)36-16-12-10-13-17-36)30-40(62(7,8)9)31-48(55)65(57-44-29-39(61(4,5)6)21-23-54(44)71-59(57)63)46-35-52-50(67-25-27-69-52)33-42(46)37-18-14-11-15-19-37/h10-23,28-35H,24-27H2,1-9H3. The van der Waals surface area contributed by atoms with E-state index in [-0.39, 0.29) is 23.0 Å². The van der Waals surface area contributed by atoms with E-state index in [2.05, 4.69) is 206 Å². The number of nitrogens with zero attached hydrogens (tertiary/aromatic N) is 2. The summed E-state index contributed by atoms with van der Waals surface area (Å²) in [6.07, 6.45) is 0. The van der Waals surface area contributed by atoms with E-state index in [0.717, 1.165) is 56.6 Å². The maximum absolute atomic E-state index is 6.52. The Morgan fingerprint density at radius 3 is 1.17 bits per heavy atom. The average molecular weight is 969 g/mol. The molecule has 0 amide bonds. The molecule has 7 aromatic carbocycles. The van der Waals surface area contributed by atoms with Crippen molar-refractivity contribution >= 4 is 98.7 Å². The second kappa shape index (κ2) is 15.9. The second-order valence-electron chi connectivity index (χ2n) is 22.6. The van der Waals surface area contributed by atoms with E-state index in [1.807, 2.05) is 22.7 Å². The Hall–Kier alpha value is -6.68. The van der Waals surface area contributed by atoms with Crippen LogP contribution < -0.4 is 43.8 Å². The van der Waals surface area contributed by atoms with Crippen molar-refractivity contribution in [1.82, 2.24) is 0 Å². The topological polar surface area (TPSA) is 43.4 Å². The molecule has 0 spiro atoms. The van der Waals surface area contributed by atoms with Gasteiger partial charge in [0.25, 0.3) is 6.71 Å². The number of anilines is 6. The molecule has 71 heavy (non-hydrogen) atoms. The molecule has 0 unspecified atom stereocenters. The van der Waals surface area contributed by atoms with Crippen LogP contribution in [0.1, 0.15) is 79.0 Å². The zero-order valence-electron chi connectivity index (χ0n) is 42.0. The molecule has 0 aliphatic carbocycles. The van der Waals surface area contributed by atoms with Gasteiger partial charge in [0.2, 0.25) is 0 Å². The number of hydrogen-bond acceptors (Lipinski definition) is 8. The van der Waals surface area contributed by atoms with Crippen LogP contribution in [0.25, 0.3) is 42.4 Å². The maximum Gasteiger partial charge on any atom is 0.277 e. The fourth-order valence-electron chi connectivity index (χ4n) is 11.1. The lowest BCUT2D eigenvalue weighted by molar-refractivity contribution is 0.172. The zero-order valence-corrected chi connectivity index (χ0v) is 43.6. The van der Waals surface area contributed by atoms with E-state index in [1.165, 1.54) is 74.6 Å². The zero-order chi connectivity index (χ0) is 48.7. The lowest BCUT2D eigenvalue weighted by Gasteiger charge is -2.44. The molecule has 0 N–H and O–H groups in total.